The molecule has 0 saturated carbocycles. The normalized spacial score (nSPS) is 13.3. The third kappa shape index (κ3) is 21.2. The van der Waals surface area contributed by atoms with E-state index in [1.807, 2.05) is 56.1 Å². The average Bonchev–Trinajstić information content (AvgIpc) is 2.95. The molecule has 0 heterocycles. The van der Waals surface area contributed by atoms with Gasteiger partial charge in [-0.3, -0.25) is 19.8 Å². The number of hydrogen-bond acceptors (Lipinski definition) is 10. The van der Waals surface area contributed by atoms with Crippen LogP contribution in [-0.2, 0) is 30.4 Å². The minimum atomic E-state index is -0.922. The molecule has 0 spiro atoms. The summed E-state index contributed by atoms with van der Waals surface area (Å²) in [6, 6.07) is 8.90. The Morgan fingerprint density at radius 3 is 2.27 bits per heavy atom. The maximum Gasteiger partial charge on any atom is 0.320 e. The summed E-state index contributed by atoms with van der Waals surface area (Å²) >= 11 is 1.45. The Bertz CT molecular complexity index is 816. The number of nitrogens with one attached hydrogen (secondary N) is 1. The van der Waals surface area contributed by atoms with Crippen LogP contribution in [-0.4, -0.2) is 89.8 Å². The fourth-order valence-corrected chi connectivity index (χ4v) is 3.84. The Hall–Kier alpha value is -2.70. The summed E-state index contributed by atoms with van der Waals surface area (Å²) in [5.41, 5.74) is 1.10. The number of esters is 1. The first-order valence-corrected chi connectivity index (χ1v) is 14.9. The largest absolute Gasteiger partial charge is 0.480 e. The number of benzene rings is 1. The molecule has 4 atom stereocenters. The van der Waals surface area contributed by atoms with Gasteiger partial charge in [0.15, 0.2) is 0 Å². The summed E-state index contributed by atoms with van der Waals surface area (Å²) in [7, 11) is 1.92. The molecule has 1 rings (SSSR count). The molecular weight excluding hydrogens is 538 g/mol. The van der Waals surface area contributed by atoms with Crippen LogP contribution in [0.2, 0.25) is 0 Å². The van der Waals surface area contributed by atoms with Crippen LogP contribution >= 0.6 is 11.8 Å². The molecule has 0 aliphatic rings. The van der Waals surface area contributed by atoms with E-state index >= 15 is 0 Å². The minimum absolute atomic E-state index is 0.0563. The maximum absolute atomic E-state index is 11.7. The molecule has 11 nitrogen and oxygen atoms in total. The summed E-state index contributed by atoms with van der Waals surface area (Å²) in [6.45, 7) is 12.7. The lowest BCUT2D eigenvalue weighted by Crippen LogP contribution is -2.43. The quantitative estimate of drug-likeness (QED) is 0.0792. The molecule has 12 heteroatoms. The molecule has 230 valence electrons. The van der Waals surface area contributed by atoms with Crippen molar-refractivity contribution in [2.24, 2.45) is 5.92 Å². The number of carbonyl (C=O) groups excluding carboxylic acids is 2. The van der Waals surface area contributed by atoms with Crippen molar-refractivity contribution in [2.75, 3.05) is 38.3 Å². The zero-order valence-electron chi connectivity index (χ0n) is 25.0. The Morgan fingerprint density at radius 1 is 1.15 bits per heavy atom. The first kappa shape index (κ1) is 39.4. The topological polar surface area (TPSA) is 148 Å². The predicted molar refractivity (Wildman–Crippen MR) is 159 cm³/mol. The second kappa shape index (κ2) is 25.3. The zero-order valence-corrected chi connectivity index (χ0v) is 25.9. The Balaban J connectivity index is 0. The second-order valence-corrected chi connectivity index (χ2v) is 10.2. The third-order valence-electron chi connectivity index (χ3n) is 5.99. The van der Waals surface area contributed by atoms with Crippen molar-refractivity contribution in [3.05, 3.63) is 46.0 Å². The van der Waals surface area contributed by atoms with E-state index in [-0.39, 0.29) is 19.1 Å². The Morgan fingerprint density at radius 2 is 1.75 bits per heavy atom. The van der Waals surface area contributed by atoms with Crippen LogP contribution in [0.15, 0.2) is 30.3 Å². The molecule has 4 unspecified atom stereocenters. The smallest absolute Gasteiger partial charge is 0.320 e. The molecule has 0 bridgehead atoms. The summed E-state index contributed by atoms with van der Waals surface area (Å²) in [5, 5.41) is 20.9. The molecule has 1 aromatic rings. The first-order chi connectivity index (χ1) is 19.0. The highest BCUT2D eigenvalue weighted by molar-refractivity contribution is 7.99. The number of aliphatic carboxylic acids is 1. The van der Waals surface area contributed by atoms with Crippen molar-refractivity contribution in [2.45, 2.75) is 78.9 Å². The van der Waals surface area contributed by atoms with Crippen LogP contribution in [0.25, 0.3) is 0 Å². The van der Waals surface area contributed by atoms with Gasteiger partial charge in [0.2, 0.25) is 0 Å². The number of carboxylic acids is 1. The van der Waals surface area contributed by atoms with Gasteiger partial charge in [-0.1, -0.05) is 64.4 Å². The van der Waals surface area contributed by atoms with Gasteiger partial charge in [-0.2, -0.15) is 11.8 Å². The van der Waals surface area contributed by atoms with Gasteiger partial charge in [-0.05, 0) is 45.2 Å². The van der Waals surface area contributed by atoms with Crippen LogP contribution in [0.5, 0.6) is 0 Å². The van der Waals surface area contributed by atoms with Crippen molar-refractivity contribution < 1.29 is 34.2 Å². The van der Waals surface area contributed by atoms with Crippen molar-refractivity contribution >= 4 is 30.0 Å². The van der Waals surface area contributed by atoms with Gasteiger partial charge in [0, 0.05) is 17.5 Å². The highest BCUT2D eigenvalue weighted by Crippen LogP contribution is 2.12. The van der Waals surface area contributed by atoms with Crippen molar-refractivity contribution in [3.63, 3.8) is 0 Å². The fourth-order valence-electron chi connectivity index (χ4n) is 3.25. The second-order valence-electron chi connectivity index (χ2n) is 8.94. The summed E-state index contributed by atoms with van der Waals surface area (Å²) in [4.78, 5) is 49.2. The van der Waals surface area contributed by atoms with Crippen molar-refractivity contribution in [1.82, 2.24) is 10.2 Å². The first-order valence-electron chi connectivity index (χ1n) is 13.7. The minimum Gasteiger partial charge on any atom is -0.480 e. The number of likely N-dealkylation sites (N-methyl/N-ethyl adjacent to an activating group) is 1. The standard InChI is InChI=1S/C13H26N2O5S.C13H17NO3.C2H6/c1-5-11(2)12(3)14(4)10-13(16)19-6-8-21-9-7-20-15(17)18;1-10(9-15)14-12(13(16)17)8-7-11-5-3-2-4-6-11;1-2/h11-12H,5-10H2,1-4H3;2-6,9-10,12,14H,7-8H2,1H3,(H,16,17);1-2H3. The fraction of sp³-hybridized carbons (Fsp3) is 0.679. The van der Waals surface area contributed by atoms with E-state index in [0.717, 1.165) is 12.0 Å². The van der Waals surface area contributed by atoms with Gasteiger partial charge >= 0.3 is 11.9 Å². The number of carbonyl (C=O) groups is 3. The lowest BCUT2D eigenvalue weighted by atomic mass is 10.00. The van der Waals surface area contributed by atoms with E-state index in [1.165, 1.54) is 11.8 Å². The molecule has 40 heavy (non-hydrogen) atoms. The molecule has 0 amide bonds. The van der Waals surface area contributed by atoms with E-state index in [9.17, 15) is 24.5 Å². The SMILES string of the molecule is CC.CC(C=O)NC(CCc1ccccc1)C(=O)O.CCC(C)C(C)N(C)CC(=O)OCCSCCO[N+](=O)[O-]. The predicted octanol–water partition coefficient (Wildman–Crippen LogP) is 4.11. The van der Waals surface area contributed by atoms with Crippen LogP contribution in [0.4, 0.5) is 0 Å². The van der Waals surface area contributed by atoms with Crippen LogP contribution in [0, 0.1) is 16.0 Å². The van der Waals surface area contributed by atoms with Gasteiger partial charge < -0.3 is 19.5 Å². The molecule has 0 radical (unpaired) electrons. The highest BCUT2D eigenvalue weighted by atomic mass is 32.2. The average molecular weight is 588 g/mol. The van der Waals surface area contributed by atoms with Gasteiger partial charge in [0.1, 0.15) is 25.5 Å². The molecule has 1 aromatic carbocycles. The Kier molecular flexibility index (Phi) is 24.9. The summed E-state index contributed by atoms with van der Waals surface area (Å²) in [6.07, 6.45) is 2.93. The summed E-state index contributed by atoms with van der Waals surface area (Å²) in [5.74, 6) is 0.477. The van der Waals surface area contributed by atoms with Crippen molar-refractivity contribution in [3.8, 4) is 0 Å². The lowest BCUT2D eigenvalue weighted by Gasteiger charge is -2.28. The number of ether oxygens (including phenoxy) is 1. The molecule has 2 N–H and O–H groups in total. The van der Waals surface area contributed by atoms with Crippen LogP contribution in [0.3, 0.4) is 0 Å². The number of aryl methyl sites for hydroxylation is 1. The van der Waals surface area contributed by atoms with E-state index < -0.39 is 23.1 Å². The number of nitrogens with zero attached hydrogens (tertiary/aromatic N) is 2. The number of rotatable bonds is 19. The molecule has 0 saturated heterocycles. The number of aldehydes is 1. The van der Waals surface area contributed by atoms with Gasteiger partial charge in [-0.25, -0.2) is 0 Å². The molecule has 0 fully saturated rings. The van der Waals surface area contributed by atoms with E-state index in [4.69, 9.17) is 9.84 Å². The van der Waals surface area contributed by atoms with Gasteiger partial charge in [-0.15, -0.1) is 10.1 Å². The van der Waals surface area contributed by atoms with Crippen molar-refractivity contribution in [1.29, 1.82) is 0 Å². The number of hydrogen-bond donors (Lipinski definition) is 2. The van der Waals surface area contributed by atoms with E-state index in [1.54, 1.807) is 6.92 Å². The van der Waals surface area contributed by atoms with Gasteiger partial charge in [0.05, 0.1) is 12.6 Å². The third-order valence-corrected chi connectivity index (χ3v) is 6.90. The van der Waals surface area contributed by atoms with E-state index in [0.29, 0.717) is 49.2 Å². The van der Waals surface area contributed by atoms with Crippen LogP contribution in [0.1, 0.15) is 59.9 Å². The molecular formula is C28H49N3O8S. The highest BCUT2D eigenvalue weighted by Gasteiger charge is 2.19. The van der Waals surface area contributed by atoms with Crippen LogP contribution < -0.4 is 5.32 Å². The van der Waals surface area contributed by atoms with Gasteiger partial charge in [0.25, 0.3) is 5.09 Å². The maximum atomic E-state index is 11.7. The number of thioether (sulfide) groups is 1. The molecule has 0 aromatic heterocycles. The molecule has 0 aliphatic carbocycles. The lowest BCUT2D eigenvalue weighted by molar-refractivity contribution is -0.756. The number of carboxylic acid groups (broad SMARTS) is 1. The van der Waals surface area contributed by atoms with E-state index in [2.05, 4.69) is 30.9 Å². The molecule has 0 aliphatic heterocycles. The Labute approximate surface area is 243 Å². The summed E-state index contributed by atoms with van der Waals surface area (Å²) < 4.78 is 5.13. The zero-order chi connectivity index (χ0) is 30.9. The monoisotopic (exact) mass is 587 g/mol.